The van der Waals surface area contributed by atoms with E-state index in [1.165, 1.54) is 11.0 Å². The summed E-state index contributed by atoms with van der Waals surface area (Å²) in [5.74, 6) is -1.98. The fourth-order valence-electron chi connectivity index (χ4n) is 6.08. The lowest BCUT2D eigenvalue weighted by atomic mass is 9.85. The van der Waals surface area contributed by atoms with E-state index in [2.05, 4.69) is 26.9 Å². The highest BCUT2D eigenvalue weighted by atomic mass is 32.2. The Morgan fingerprint density at radius 1 is 1.19 bits per heavy atom. The van der Waals surface area contributed by atoms with E-state index >= 15 is 0 Å². The highest BCUT2D eigenvalue weighted by Gasteiger charge is 2.62. The molecular weight excluding hydrogens is 626 g/mol. The molecule has 13 nitrogen and oxygen atoms in total. The van der Waals surface area contributed by atoms with Gasteiger partial charge in [0.25, 0.3) is 5.91 Å². The van der Waals surface area contributed by atoms with Crippen LogP contribution in [0.5, 0.6) is 5.75 Å². The Labute approximate surface area is 276 Å². The summed E-state index contributed by atoms with van der Waals surface area (Å²) in [6.45, 7) is 9.36. The summed E-state index contributed by atoms with van der Waals surface area (Å²) in [6, 6.07) is 1.37. The Bertz CT molecular complexity index is 1540. The van der Waals surface area contributed by atoms with Crippen molar-refractivity contribution in [3.8, 4) is 5.75 Å². The maximum Gasteiger partial charge on any atom is 0.407 e. The van der Waals surface area contributed by atoms with E-state index in [1.54, 1.807) is 39.1 Å². The van der Waals surface area contributed by atoms with Crippen molar-refractivity contribution < 1.29 is 37.1 Å². The summed E-state index contributed by atoms with van der Waals surface area (Å²) in [4.78, 5) is 60.3. The number of rotatable bonds is 6. The molecule has 2 aliphatic heterocycles. The van der Waals surface area contributed by atoms with Gasteiger partial charge in [-0.2, -0.15) is 0 Å². The Morgan fingerprint density at radius 2 is 1.96 bits per heavy atom. The van der Waals surface area contributed by atoms with E-state index in [-0.39, 0.29) is 26.0 Å². The molecule has 0 radical (unpaired) electrons. The lowest BCUT2D eigenvalue weighted by Crippen LogP contribution is -2.60. The number of carbonyl (C=O) groups is 4. The third-order valence-corrected chi connectivity index (χ3v) is 10.9. The van der Waals surface area contributed by atoms with Gasteiger partial charge in [-0.25, -0.2) is 13.2 Å². The molecule has 3 N–H and O–H groups in total. The van der Waals surface area contributed by atoms with E-state index in [1.807, 2.05) is 12.2 Å². The van der Waals surface area contributed by atoms with E-state index in [9.17, 15) is 27.6 Å². The summed E-state index contributed by atoms with van der Waals surface area (Å²) >= 11 is 0. The molecule has 1 aromatic rings. The standard InChI is InChI=1S/C33H45N5O8S/c1-5-21-19-33(21,30(41)37-47(43,44)23-14-15-23)36-28(39)25-18-22-20-38(25)29(40)27(32(2,3)4)35-31(42)45-17-10-8-6-7-9-12-24-26(46-22)13-11-16-34-24/h5,9,11-13,16,21-23,25,27H,1,6-8,10,14-15,17-20H2,2-4H3,(H,35,42)(H,36,39)(H,37,41)/b12-9+/t21-,22+,25-,27+,33+/m0/s1. The minimum atomic E-state index is -3.87. The van der Waals surface area contributed by atoms with Gasteiger partial charge in [0, 0.05) is 18.5 Å². The number of amides is 4. The smallest absolute Gasteiger partial charge is 0.407 e. The van der Waals surface area contributed by atoms with Crippen LogP contribution < -0.4 is 20.1 Å². The average Bonchev–Trinajstić information content (AvgIpc) is 3.93. The van der Waals surface area contributed by atoms with Crippen LogP contribution in [0.1, 0.15) is 77.8 Å². The molecule has 3 heterocycles. The largest absolute Gasteiger partial charge is 0.486 e. The predicted molar refractivity (Wildman–Crippen MR) is 173 cm³/mol. The number of aromatic nitrogens is 1. The van der Waals surface area contributed by atoms with Crippen LogP contribution in [0, 0.1) is 11.3 Å². The second kappa shape index (κ2) is 13.7. The van der Waals surface area contributed by atoms with Crippen molar-refractivity contribution in [2.24, 2.45) is 11.3 Å². The fourth-order valence-corrected chi connectivity index (χ4v) is 7.44. The maximum atomic E-state index is 14.3. The molecule has 5 rings (SSSR count). The summed E-state index contributed by atoms with van der Waals surface area (Å²) in [7, 11) is -3.87. The van der Waals surface area contributed by atoms with Crippen LogP contribution in [-0.2, 0) is 29.1 Å². The molecule has 5 atom stereocenters. The van der Waals surface area contributed by atoms with Gasteiger partial charge >= 0.3 is 6.09 Å². The van der Waals surface area contributed by atoms with Crippen molar-refractivity contribution in [1.82, 2.24) is 25.2 Å². The second-order valence-electron chi connectivity index (χ2n) is 13.9. The minimum Gasteiger partial charge on any atom is -0.486 e. The van der Waals surface area contributed by atoms with Gasteiger partial charge in [-0.3, -0.25) is 24.1 Å². The first-order chi connectivity index (χ1) is 22.2. The number of nitrogens with zero attached hydrogens (tertiary/aromatic N) is 2. The number of cyclic esters (lactones) is 1. The molecule has 0 aromatic carbocycles. The first-order valence-electron chi connectivity index (χ1n) is 16.3. The monoisotopic (exact) mass is 671 g/mol. The number of nitrogens with one attached hydrogen (secondary N) is 3. The second-order valence-corrected chi connectivity index (χ2v) is 15.8. The molecule has 1 saturated heterocycles. The highest BCUT2D eigenvalue weighted by Crippen LogP contribution is 2.45. The molecule has 3 fully saturated rings. The van der Waals surface area contributed by atoms with Crippen molar-refractivity contribution >= 4 is 39.9 Å². The molecular formula is C33H45N5O8S. The zero-order chi connectivity index (χ0) is 34.0. The number of hydrogen-bond donors (Lipinski definition) is 3. The quantitative estimate of drug-likeness (QED) is 0.385. The minimum absolute atomic E-state index is 0.0123. The van der Waals surface area contributed by atoms with Crippen LogP contribution in [0.4, 0.5) is 4.79 Å². The fraction of sp³-hybridized carbons (Fsp3) is 0.606. The summed E-state index contributed by atoms with van der Waals surface area (Å²) in [5, 5.41) is 4.87. The third kappa shape index (κ3) is 7.96. The predicted octanol–water partition coefficient (Wildman–Crippen LogP) is 2.83. The van der Waals surface area contributed by atoms with Gasteiger partial charge in [0.2, 0.25) is 21.8 Å². The number of ether oxygens (including phenoxy) is 2. The highest BCUT2D eigenvalue weighted by molar-refractivity contribution is 7.91. The summed E-state index contributed by atoms with van der Waals surface area (Å²) in [6.07, 6.45) is 10.1. The van der Waals surface area contributed by atoms with Gasteiger partial charge in [-0.1, -0.05) is 32.9 Å². The molecule has 0 spiro atoms. The zero-order valence-electron chi connectivity index (χ0n) is 27.2. The molecule has 4 aliphatic rings. The molecule has 47 heavy (non-hydrogen) atoms. The number of hydrogen-bond acceptors (Lipinski definition) is 9. The lowest BCUT2D eigenvalue weighted by Gasteiger charge is -2.35. The van der Waals surface area contributed by atoms with Crippen molar-refractivity contribution in [2.75, 3.05) is 13.2 Å². The van der Waals surface area contributed by atoms with E-state index in [4.69, 9.17) is 9.47 Å². The van der Waals surface area contributed by atoms with E-state index in [0.717, 1.165) is 19.3 Å². The number of carbonyl (C=O) groups excluding carboxylic acids is 4. The molecule has 2 bridgehead atoms. The topological polar surface area (TPSA) is 173 Å². The van der Waals surface area contributed by atoms with Gasteiger partial charge in [-0.05, 0) is 68.6 Å². The normalized spacial score (nSPS) is 29.5. The number of fused-ring (bicyclic) bond motifs is 3. The number of pyridine rings is 1. The van der Waals surface area contributed by atoms with Crippen LogP contribution in [0.3, 0.4) is 0 Å². The Balaban J connectivity index is 1.44. The first-order valence-corrected chi connectivity index (χ1v) is 17.8. The molecule has 256 valence electrons. The molecule has 1 aromatic heterocycles. The van der Waals surface area contributed by atoms with Crippen molar-refractivity contribution in [2.45, 2.75) is 101 Å². The Hall–Kier alpha value is -3.94. The van der Waals surface area contributed by atoms with E-state index in [0.29, 0.717) is 30.7 Å². The summed E-state index contributed by atoms with van der Waals surface area (Å²) < 4.78 is 39.1. The van der Waals surface area contributed by atoms with Gasteiger partial charge in [0.1, 0.15) is 35.2 Å². The number of alkyl carbamates (subject to hydrolysis) is 1. The van der Waals surface area contributed by atoms with Crippen molar-refractivity contribution in [1.29, 1.82) is 0 Å². The Morgan fingerprint density at radius 3 is 2.64 bits per heavy atom. The maximum absolute atomic E-state index is 14.3. The van der Waals surface area contributed by atoms with Gasteiger partial charge in [0.15, 0.2) is 0 Å². The van der Waals surface area contributed by atoms with Crippen molar-refractivity contribution in [3.63, 3.8) is 0 Å². The molecule has 0 unspecified atom stereocenters. The first kappa shape index (κ1) is 34.4. The molecule has 4 amide bonds. The summed E-state index contributed by atoms with van der Waals surface area (Å²) in [5.41, 5.74) is -1.67. The molecule has 2 aliphatic carbocycles. The Kier molecular flexibility index (Phi) is 9.99. The van der Waals surface area contributed by atoms with Crippen LogP contribution in [0.15, 0.2) is 37.1 Å². The van der Waals surface area contributed by atoms with Gasteiger partial charge < -0.3 is 25.0 Å². The number of sulfonamides is 1. The van der Waals surface area contributed by atoms with Crippen LogP contribution in [-0.4, -0.2) is 84.2 Å². The SMILES string of the molecule is C=C[C@H]1C[C@]1(NC(=O)[C@@H]1C[C@@H]2CN1C(=O)[C@H](C(C)(C)C)NC(=O)OCCCCC/C=C/c1ncccc1O2)C(=O)NS(=O)(=O)C1CC1. The number of allylic oxidation sites excluding steroid dienone is 1. The van der Waals surface area contributed by atoms with Gasteiger partial charge in [0.05, 0.1) is 18.4 Å². The molecule has 14 heteroatoms. The third-order valence-electron chi connectivity index (χ3n) is 9.09. The van der Waals surface area contributed by atoms with Crippen LogP contribution in [0.25, 0.3) is 6.08 Å². The van der Waals surface area contributed by atoms with Gasteiger partial charge in [-0.15, -0.1) is 6.58 Å². The van der Waals surface area contributed by atoms with Crippen LogP contribution >= 0.6 is 0 Å². The van der Waals surface area contributed by atoms with Crippen molar-refractivity contribution in [3.05, 3.63) is 42.8 Å². The lowest BCUT2D eigenvalue weighted by molar-refractivity contribution is -0.142. The van der Waals surface area contributed by atoms with Crippen LogP contribution in [0.2, 0.25) is 0 Å². The zero-order valence-corrected chi connectivity index (χ0v) is 28.0. The molecule has 2 saturated carbocycles. The van der Waals surface area contributed by atoms with E-state index < -0.39 is 74.1 Å². The average molecular weight is 672 g/mol.